The zero-order valence-electron chi connectivity index (χ0n) is 23.8. The standard InChI is InChI=1S/C31H39N3O5S/c1-6-29(31(36)32-23(3)4)33(21-25-15-13-24(5)14-16-25)30(35)22-34(26-17-19-27(20-18-26)39-7-2)40(37,38)28-11-9-8-10-12-28/h8-20,23,29H,6-7,21-22H2,1-5H3,(H,32,36). The van der Waals surface area contributed by atoms with Crippen LogP contribution in [0, 0.1) is 6.92 Å². The average Bonchev–Trinajstić information content (AvgIpc) is 2.93. The first-order valence-corrected chi connectivity index (χ1v) is 15.0. The van der Waals surface area contributed by atoms with E-state index in [0.717, 1.165) is 15.4 Å². The van der Waals surface area contributed by atoms with E-state index in [1.165, 1.54) is 17.0 Å². The summed E-state index contributed by atoms with van der Waals surface area (Å²) in [5, 5.41) is 2.90. The van der Waals surface area contributed by atoms with Crippen molar-refractivity contribution in [2.45, 2.75) is 64.6 Å². The molecule has 0 saturated heterocycles. The number of nitrogens with zero attached hydrogens (tertiary/aromatic N) is 2. The van der Waals surface area contributed by atoms with Crippen LogP contribution in [-0.4, -0.2) is 50.4 Å². The lowest BCUT2D eigenvalue weighted by Crippen LogP contribution is -2.53. The molecule has 3 aromatic rings. The maximum atomic E-state index is 14.1. The summed E-state index contributed by atoms with van der Waals surface area (Å²) in [6.45, 7) is 9.53. The highest BCUT2D eigenvalue weighted by molar-refractivity contribution is 7.92. The van der Waals surface area contributed by atoms with Crippen molar-refractivity contribution >= 4 is 27.5 Å². The highest BCUT2D eigenvalue weighted by atomic mass is 32.2. The molecule has 0 fully saturated rings. The average molecular weight is 566 g/mol. The SMILES string of the molecule is CCOc1ccc(N(CC(=O)N(Cc2ccc(C)cc2)C(CC)C(=O)NC(C)C)S(=O)(=O)c2ccccc2)cc1. The monoisotopic (exact) mass is 565 g/mol. The van der Waals surface area contributed by atoms with Crippen LogP contribution in [0.2, 0.25) is 0 Å². The van der Waals surface area contributed by atoms with Crippen molar-refractivity contribution in [3.8, 4) is 5.75 Å². The minimum absolute atomic E-state index is 0.0614. The third-order valence-corrected chi connectivity index (χ3v) is 8.12. The van der Waals surface area contributed by atoms with Crippen LogP contribution in [0.15, 0.2) is 83.8 Å². The molecule has 0 spiro atoms. The van der Waals surface area contributed by atoms with Crippen molar-refractivity contribution in [1.29, 1.82) is 0 Å². The summed E-state index contributed by atoms with van der Waals surface area (Å²) in [4.78, 5) is 28.8. The zero-order chi connectivity index (χ0) is 29.3. The van der Waals surface area contributed by atoms with Crippen LogP contribution in [0.1, 0.15) is 45.2 Å². The molecule has 0 radical (unpaired) electrons. The van der Waals surface area contributed by atoms with Gasteiger partial charge in [0.15, 0.2) is 0 Å². The second kappa shape index (κ2) is 14.0. The first kappa shape index (κ1) is 30.7. The van der Waals surface area contributed by atoms with Crippen molar-refractivity contribution in [2.75, 3.05) is 17.5 Å². The van der Waals surface area contributed by atoms with Gasteiger partial charge in [-0.15, -0.1) is 0 Å². The van der Waals surface area contributed by atoms with Gasteiger partial charge in [0, 0.05) is 12.6 Å². The zero-order valence-corrected chi connectivity index (χ0v) is 24.6. The summed E-state index contributed by atoms with van der Waals surface area (Å²) in [6, 6.07) is 21.4. The number of rotatable bonds is 13. The molecule has 1 atom stereocenters. The fourth-order valence-corrected chi connectivity index (χ4v) is 5.75. The number of nitrogens with one attached hydrogen (secondary N) is 1. The van der Waals surface area contributed by atoms with Crippen LogP contribution in [0.25, 0.3) is 0 Å². The van der Waals surface area contributed by atoms with Gasteiger partial charge in [0.2, 0.25) is 11.8 Å². The van der Waals surface area contributed by atoms with Gasteiger partial charge < -0.3 is 15.0 Å². The second-order valence-electron chi connectivity index (χ2n) is 9.85. The molecule has 0 saturated carbocycles. The summed E-state index contributed by atoms with van der Waals surface area (Å²) >= 11 is 0. The van der Waals surface area contributed by atoms with Crippen molar-refractivity contribution in [2.24, 2.45) is 0 Å². The lowest BCUT2D eigenvalue weighted by molar-refractivity contribution is -0.140. The maximum absolute atomic E-state index is 14.1. The molecule has 1 unspecified atom stereocenters. The Bertz CT molecular complexity index is 1360. The lowest BCUT2D eigenvalue weighted by atomic mass is 10.1. The Hall–Kier alpha value is -3.85. The number of amides is 2. The molecule has 0 aliphatic heterocycles. The molecule has 0 aliphatic carbocycles. The summed E-state index contributed by atoms with van der Waals surface area (Å²) in [5.41, 5.74) is 2.23. The molecule has 0 bridgehead atoms. The number of aryl methyl sites for hydroxylation is 1. The van der Waals surface area contributed by atoms with E-state index in [4.69, 9.17) is 4.74 Å². The molecule has 1 N–H and O–H groups in total. The van der Waals surface area contributed by atoms with Crippen molar-refractivity contribution < 1.29 is 22.7 Å². The minimum atomic E-state index is -4.11. The molecular weight excluding hydrogens is 526 g/mol. The summed E-state index contributed by atoms with van der Waals surface area (Å²) in [6.07, 6.45) is 0.366. The fourth-order valence-electron chi connectivity index (χ4n) is 4.31. The first-order chi connectivity index (χ1) is 19.1. The third kappa shape index (κ3) is 7.85. The van der Waals surface area contributed by atoms with E-state index in [0.29, 0.717) is 24.5 Å². The summed E-state index contributed by atoms with van der Waals surface area (Å²) < 4.78 is 34.3. The van der Waals surface area contributed by atoms with Gasteiger partial charge in [-0.25, -0.2) is 8.42 Å². The smallest absolute Gasteiger partial charge is 0.264 e. The van der Waals surface area contributed by atoms with Gasteiger partial charge in [-0.05, 0) is 76.1 Å². The van der Waals surface area contributed by atoms with E-state index in [9.17, 15) is 18.0 Å². The van der Waals surface area contributed by atoms with Gasteiger partial charge >= 0.3 is 0 Å². The molecule has 0 heterocycles. The predicted molar refractivity (Wildman–Crippen MR) is 158 cm³/mol. The molecule has 3 rings (SSSR count). The quantitative estimate of drug-likeness (QED) is 0.317. The van der Waals surface area contributed by atoms with Crippen molar-refractivity contribution in [1.82, 2.24) is 10.2 Å². The van der Waals surface area contributed by atoms with Crippen LogP contribution in [-0.2, 0) is 26.2 Å². The van der Waals surface area contributed by atoms with E-state index < -0.39 is 28.5 Å². The van der Waals surface area contributed by atoms with Gasteiger partial charge in [-0.1, -0.05) is 55.0 Å². The molecule has 2 amide bonds. The lowest BCUT2D eigenvalue weighted by Gasteiger charge is -2.33. The second-order valence-corrected chi connectivity index (χ2v) is 11.7. The number of hydrogen-bond donors (Lipinski definition) is 1. The van der Waals surface area contributed by atoms with Crippen LogP contribution in [0.3, 0.4) is 0 Å². The summed E-state index contributed by atoms with van der Waals surface area (Å²) in [7, 11) is -4.11. The molecule has 0 aromatic heterocycles. The number of ether oxygens (including phenoxy) is 1. The topological polar surface area (TPSA) is 96.0 Å². The first-order valence-electron chi connectivity index (χ1n) is 13.5. The van der Waals surface area contributed by atoms with Gasteiger partial charge in [0.1, 0.15) is 18.3 Å². The predicted octanol–water partition coefficient (Wildman–Crippen LogP) is 4.92. The highest BCUT2D eigenvalue weighted by Crippen LogP contribution is 2.27. The minimum Gasteiger partial charge on any atom is -0.494 e. The Morgan fingerprint density at radius 3 is 2.08 bits per heavy atom. The van der Waals surface area contributed by atoms with Crippen LogP contribution >= 0.6 is 0 Å². The largest absolute Gasteiger partial charge is 0.494 e. The molecule has 9 heteroatoms. The molecule has 8 nitrogen and oxygen atoms in total. The van der Waals surface area contributed by atoms with Crippen molar-refractivity contribution in [3.05, 3.63) is 90.0 Å². The van der Waals surface area contributed by atoms with Gasteiger partial charge in [0.25, 0.3) is 10.0 Å². The number of sulfonamides is 1. The van der Waals surface area contributed by atoms with Gasteiger partial charge in [0.05, 0.1) is 17.2 Å². The van der Waals surface area contributed by atoms with Gasteiger partial charge in [-0.2, -0.15) is 0 Å². The Labute approximate surface area is 238 Å². The van der Waals surface area contributed by atoms with Crippen LogP contribution in [0.4, 0.5) is 5.69 Å². The number of hydrogen-bond acceptors (Lipinski definition) is 5. The summed E-state index contributed by atoms with van der Waals surface area (Å²) in [5.74, 6) is -0.178. The van der Waals surface area contributed by atoms with Crippen LogP contribution in [0.5, 0.6) is 5.75 Å². The Morgan fingerprint density at radius 2 is 1.52 bits per heavy atom. The molecular formula is C31H39N3O5S. The van der Waals surface area contributed by atoms with Crippen molar-refractivity contribution in [3.63, 3.8) is 0 Å². The Morgan fingerprint density at radius 1 is 0.900 bits per heavy atom. The number of carbonyl (C=O) groups is 2. The van der Waals surface area contributed by atoms with E-state index in [2.05, 4.69) is 5.32 Å². The van der Waals surface area contributed by atoms with E-state index in [-0.39, 0.29) is 23.4 Å². The number of carbonyl (C=O) groups excluding carboxylic acids is 2. The van der Waals surface area contributed by atoms with E-state index >= 15 is 0 Å². The molecule has 214 valence electrons. The number of anilines is 1. The molecule has 0 aliphatic rings. The van der Waals surface area contributed by atoms with E-state index in [1.807, 2.05) is 58.9 Å². The Balaban J connectivity index is 2.04. The maximum Gasteiger partial charge on any atom is 0.264 e. The Kier molecular flexibility index (Phi) is 10.7. The van der Waals surface area contributed by atoms with E-state index in [1.54, 1.807) is 42.5 Å². The third-order valence-electron chi connectivity index (χ3n) is 6.34. The van der Waals surface area contributed by atoms with Gasteiger partial charge in [-0.3, -0.25) is 13.9 Å². The highest BCUT2D eigenvalue weighted by Gasteiger charge is 2.33. The fraction of sp³-hybridized carbons (Fsp3) is 0.355. The van der Waals surface area contributed by atoms with Crippen LogP contribution < -0.4 is 14.4 Å². The number of benzene rings is 3. The molecule has 40 heavy (non-hydrogen) atoms. The normalized spacial score (nSPS) is 12.1. The molecule has 3 aromatic carbocycles.